The molecular weight excluding hydrogens is 428 g/mol. The number of benzene rings is 3. The number of hydrogen-bond donors (Lipinski definition) is 0. The van der Waals surface area contributed by atoms with E-state index < -0.39 is 0 Å². The third kappa shape index (κ3) is 4.33. The minimum Gasteiger partial charge on any atom is -0.497 e. The monoisotopic (exact) mass is 458 g/mol. The molecule has 3 aromatic carbocycles. The first-order valence-corrected chi connectivity index (χ1v) is 11.6. The fraction of sp³-hybridized carbons (Fsp3) is 0.321. The molecule has 1 amide bonds. The highest BCUT2D eigenvalue weighted by Gasteiger charge is 2.58. The predicted octanol–water partition coefficient (Wildman–Crippen LogP) is 5.07. The van der Waals surface area contributed by atoms with Crippen molar-refractivity contribution in [2.75, 3.05) is 39.3 Å². The van der Waals surface area contributed by atoms with Crippen molar-refractivity contribution in [3.63, 3.8) is 0 Å². The number of hydrogen-bond acceptors (Lipinski definition) is 5. The van der Waals surface area contributed by atoms with Crippen molar-refractivity contribution >= 4 is 11.8 Å². The summed E-state index contributed by atoms with van der Waals surface area (Å²) in [5, 5.41) is 0. The highest BCUT2D eigenvalue weighted by molar-refractivity contribution is 5.94. The summed E-state index contributed by atoms with van der Waals surface area (Å²) in [6, 6.07) is 24.0. The lowest BCUT2D eigenvalue weighted by Crippen LogP contribution is -2.32. The number of carbonyl (C=O) groups excluding carboxylic acids is 1. The maximum absolute atomic E-state index is 13.1. The van der Waals surface area contributed by atoms with Crippen LogP contribution in [0.5, 0.6) is 11.5 Å². The second-order valence-electron chi connectivity index (χ2n) is 9.00. The molecule has 1 saturated carbocycles. The van der Waals surface area contributed by atoms with E-state index in [1.807, 2.05) is 48.5 Å². The van der Waals surface area contributed by atoms with E-state index in [-0.39, 0.29) is 12.2 Å². The zero-order valence-corrected chi connectivity index (χ0v) is 19.8. The van der Waals surface area contributed by atoms with Gasteiger partial charge in [0.15, 0.2) is 0 Å². The molecule has 2 aliphatic rings. The van der Waals surface area contributed by atoms with Crippen LogP contribution in [0.2, 0.25) is 0 Å². The largest absolute Gasteiger partial charge is 0.497 e. The van der Waals surface area contributed by atoms with Crippen LogP contribution in [0, 0.1) is 11.8 Å². The van der Waals surface area contributed by atoms with Gasteiger partial charge in [0.05, 0.1) is 19.9 Å². The summed E-state index contributed by atoms with van der Waals surface area (Å²) in [7, 11) is 5.02. The van der Waals surface area contributed by atoms with Crippen molar-refractivity contribution in [3.05, 3.63) is 78.4 Å². The maximum atomic E-state index is 13.1. The molecule has 5 rings (SSSR count). The predicted molar refractivity (Wildman–Crippen MR) is 132 cm³/mol. The van der Waals surface area contributed by atoms with E-state index in [4.69, 9.17) is 14.2 Å². The molecule has 1 saturated heterocycles. The molecule has 0 spiro atoms. The fourth-order valence-electron chi connectivity index (χ4n) is 5.01. The zero-order chi connectivity index (χ0) is 23.7. The minimum atomic E-state index is -0.325. The number of rotatable bonds is 7. The average molecular weight is 459 g/mol. The molecule has 0 N–H and O–H groups in total. The van der Waals surface area contributed by atoms with Gasteiger partial charge in [-0.05, 0) is 23.8 Å². The van der Waals surface area contributed by atoms with Crippen molar-refractivity contribution in [2.45, 2.75) is 12.6 Å². The highest BCUT2D eigenvalue weighted by atomic mass is 16.6. The Balaban J connectivity index is 1.25. The number of piperidine rings is 1. The number of nitrogens with zero attached hydrogens (tertiary/aromatic N) is 2. The summed E-state index contributed by atoms with van der Waals surface area (Å²) < 4.78 is 16.9. The number of carbonyl (C=O) groups is 1. The molecule has 176 valence electrons. The fourth-order valence-corrected chi connectivity index (χ4v) is 5.01. The lowest BCUT2D eigenvalue weighted by Gasteiger charge is -2.23. The molecule has 2 unspecified atom stereocenters. The standard InChI is InChI=1S/C28H30N2O4/c1-29(25-12-8-7-11-21(25)22-14-13-20(32-2)15-26(22)33-3)28(31)34-27-23-17-30(18-24(23)27)16-19-9-5-4-6-10-19/h4-15,23-24,27H,16-18H2,1-3H3. The van der Waals surface area contributed by atoms with Crippen molar-refractivity contribution in [1.82, 2.24) is 4.90 Å². The molecule has 0 aromatic heterocycles. The van der Waals surface area contributed by atoms with Crippen LogP contribution in [-0.4, -0.2) is 51.5 Å². The second-order valence-corrected chi connectivity index (χ2v) is 9.00. The van der Waals surface area contributed by atoms with E-state index >= 15 is 0 Å². The second kappa shape index (κ2) is 9.39. The van der Waals surface area contributed by atoms with Gasteiger partial charge in [-0.3, -0.25) is 9.80 Å². The van der Waals surface area contributed by atoms with Gasteiger partial charge < -0.3 is 14.2 Å². The van der Waals surface area contributed by atoms with Crippen molar-refractivity contribution in [1.29, 1.82) is 0 Å². The van der Waals surface area contributed by atoms with Crippen molar-refractivity contribution in [3.8, 4) is 22.6 Å². The van der Waals surface area contributed by atoms with E-state index in [2.05, 4.69) is 29.2 Å². The normalized spacial score (nSPS) is 21.0. The van der Waals surface area contributed by atoms with Crippen molar-refractivity contribution < 1.29 is 19.0 Å². The molecule has 1 aliphatic carbocycles. The molecule has 34 heavy (non-hydrogen) atoms. The first kappa shape index (κ1) is 22.3. The summed E-state index contributed by atoms with van der Waals surface area (Å²) in [5.41, 5.74) is 3.88. The number of anilines is 1. The Kier molecular flexibility index (Phi) is 6.16. The topological polar surface area (TPSA) is 51.2 Å². The Bertz CT molecular complexity index is 1150. The summed E-state index contributed by atoms with van der Waals surface area (Å²) in [4.78, 5) is 17.1. The van der Waals surface area contributed by atoms with E-state index in [0.717, 1.165) is 36.4 Å². The van der Waals surface area contributed by atoms with E-state index in [9.17, 15) is 4.79 Å². The van der Waals surface area contributed by atoms with Crippen LogP contribution >= 0.6 is 0 Å². The number of likely N-dealkylation sites (tertiary alicyclic amines) is 1. The molecule has 1 heterocycles. The third-order valence-corrected chi connectivity index (χ3v) is 6.92. The summed E-state index contributed by atoms with van der Waals surface area (Å²) >= 11 is 0. The van der Waals surface area contributed by atoms with Gasteiger partial charge in [0.2, 0.25) is 0 Å². The number of fused-ring (bicyclic) bond motifs is 1. The smallest absolute Gasteiger partial charge is 0.414 e. The average Bonchev–Trinajstić information content (AvgIpc) is 3.31. The Morgan fingerprint density at radius 2 is 1.62 bits per heavy atom. The van der Waals surface area contributed by atoms with E-state index in [1.165, 1.54) is 5.56 Å². The van der Waals surface area contributed by atoms with E-state index in [0.29, 0.717) is 23.3 Å². The number of amides is 1. The summed E-state index contributed by atoms with van der Waals surface area (Å²) in [6.45, 7) is 2.90. The lowest BCUT2D eigenvalue weighted by molar-refractivity contribution is 0.120. The van der Waals surface area contributed by atoms with Gasteiger partial charge in [0.1, 0.15) is 17.6 Å². The minimum absolute atomic E-state index is 0.00431. The van der Waals surface area contributed by atoms with Crippen LogP contribution in [0.25, 0.3) is 11.1 Å². The lowest BCUT2D eigenvalue weighted by atomic mass is 10.0. The van der Waals surface area contributed by atoms with Gasteiger partial charge in [-0.1, -0.05) is 48.5 Å². The Morgan fingerprint density at radius 1 is 0.912 bits per heavy atom. The van der Waals surface area contributed by atoms with Crippen LogP contribution in [0.4, 0.5) is 10.5 Å². The first-order chi connectivity index (χ1) is 16.6. The molecule has 0 radical (unpaired) electrons. The summed E-state index contributed by atoms with van der Waals surface area (Å²) in [5.74, 6) is 2.26. The van der Waals surface area contributed by atoms with Crippen LogP contribution < -0.4 is 14.4 Å². The molecule has 2 fully saturated rings. The quantitative estimate of drug-likeness (QED) is 0.495. The third-order valence-electron chi connectivity index (χ3n) is 6.92. The first-order valence-electron chi connectivity index (χ1n) is 11.6. The number of methoxy groups -OCH3 is 2. The van der Waals surface area contributed by atoms with Gasteiger partial charge in [0.25, 0.3) is 0 Å². The van der Waals surface area contributed by atoms with Gasteiger partial charge in [-0.2, -0.15) is 0 Å². The van der Waals surface area contributed by atoms with E-state index in [1.54, 1.807) is 26.2 Å². The molecule has 2 atom stereocenters. The molecule has 1 aliphatic heterocycles. The van der Waals surface area contributed by atoms with Crippen LogP contribution in [0.1, 0.15) is 5.56 Å². The Hall–Kier alpha value is -3.51. The molecule has 6 heteroatoms. The molecule has 0 bridgehead atoms. The number of para-hydroxylation sites is 1. The van der Waals surface area contributed by atoms with Crippen LogP contribution in [0.3, 0.4) is 0 Å². The maximum Gasteiger partial charge on any atom is 0.414 e. The van der Waals surface area contributed by atoms with Gasteiger partial charge in [0, 0.05) is 55.7 Å². The highest BCUT2D eigenvalue weighted by Crippen LogP contribution is 2.48. The van der Waals surface area contributed by atoms with Crippen molar-refractivity contribution in [2.24, 2.45) is 11.8 Å². The molecule has 3 aromatic rings. The zero-order valence-electron chi connectivity index (χ0n) is 19.8. The number of ether oxygens (including phenoxy) is 3. The Morgan fingerprint density at radius 3 is 2.32 bits per heavy atom. The van der Waals surface area contributed by atoms with Gasteiger partial charge >= 0.3 is 6.09 Å². The summed E-state index contributed by atoms with van der Waals surface area (Å²) in [6.07, 6.45) is -0.321. The van der Waals surface area contributed by atoms with Crippen LogP contribution in [0.15, 0.2) is 72.8 Å². The molecular formula is C28H30N2O4. The van der Waals surface area contributed by atoms with Gasteiger partial charge in [-0.15, -0.1) is 0 Å². The Labute approximate surface area is 200 Å². The SMILES string of the molecule is COc1ccc(-c2ccccc2N(C)C(=O)OC2C3CN(Cc4ccccc4)CC32)c(OC)c1. The van der Waals surface area contributed by atoms with Crippen LogP contribution in [-0.2, 0) is 11.3 Å². The molecule has 6 nitrogen and oxygen atoms in total. The van der Waals surface area contributed by atoms with Gasteiger partial charge in [-0.25, -0.2) is 4.79 Å².